The number of unbranched alkanes of at least 4 members (excludes halogenated alkanes) is 15. The maximum atomic E-state index is 9.28. The predicted molar refractivity (Wildman–Crippen MR) is 128 cm³/mol. The molecule has 0 aliphatic rings. The van der Waals surface area contributed by atoms with Gasteiger partial charge in [0.1, 0.15) is 0 Å². The van der Waals surface area contributed by atoms with Crippen LogP contribution in [0.1, 0.15) is 149 Å². The molecule has 0 radical (unpaired) electrons. The number of carboxylic acid groups (broad SMARTS) is 2. The Morgan fingerprint density at radius 2 is 0.818 bits per heavy atom. The van der Waals surface area contributed by atoms with Crippen LogP contribution in [-0.2, 0) is 9.59 Å². The summed E-state index contributed by atoms with van der Waals surface area (Å²) in [6.07, 6.45) is 26.5. The third-order valence-electron chi connectivity index (χ3n) is 5.95. The summed E-state index contributed by atoms with van der Waals surface area (Å²) in [6, 6.07) is 0. The number of hydrogen-bond donors (Lipinski definition) is 0. The first kappa shape index (κ1) is 42.9. The van der Waals surface area contributed by atoms with Gasteiger partial charge in [-0.25, -0.2) is 0 Å². The fraction of sp³-hybridized carbons (Fsp3) is 0.923. The van der Waals surface area contributed by atoms with E-state index in [0.29, 0.717) is 4.09 Å². The van der Waals surface area contributed by atoms with Gasteiger partial charge >= 0.3 is 260 Å². The van der Waals surface area contributed by atoms with Gasteiger partial charge in [0.2, 0.25) is 0 Å². The molecule has 0 aromatic carbocycles. The summed E-state index contributed by atoms with van der Waals surface area (Å²) in [5, 5.41) is 18.6. The molecule has 7 heteroatoms. The molecular weight excluding hydrogens is 461 g/mol. The minimum atomic E-state index is -1.63. The summed E-state index contributed by atoms with van der Waals surface area (Å²) < 4.78 is 0.587. The van der Waals surface area contributed by atoms with Gasteiger partial charge in [-0.05, 0) is 0 Å². The Morgan fingerprint density at radius 3 is 1.03 bits per heavy atom. The second kappa shape index (κ2) is 32.8. The molecule has 0 saturated heterocycles. The zero-order valence-electron chi connectivity index (χ0n) is 23.3. The molecule has 0 aliphatic heterocycles. The average Bonchev–Trinajstić information content (AvgIpc) is 2.68. The van der Waals surface area contributed by atoms with Gasteiger partial charge in [0.15, 0.2) is 0 Å². The number of carbonyl (C=O) groups is 2. The summed E-state index contributed by atoms with van der Waals surface area (Å²) in [6.45, 7) is 7.10. The van der Waals surface area contributed by atoms with Crippen LogP contribution in [0.15, 0.2) is 0 Å². The van der Waals surface area contributed by atoms with Crippen LogP contribution in [0.2, 0.25) is 4.09 Å². The van der Waals surface area contributed by atoms with Gasteiger partial charge in [0.05, 0.1) is 0 Å². The number of aliphatic carboxylic acids is 2. The van der Waals surface area contributed by atoms with Crippen LogP contribution < -0.4 is 113 Å². The molecule has 0 spiro atoms. The first-order valence-electron chi connectivity index (χ1n) is 13.1. The smallest absolute Gasteiger partial charge is 0.0654 e. The van der Waals surface area contributed by atoms with Crippen LogP contribution in [0.4, 0.5) is 0 Å². The number of hydrogen-bond acceptors (Lipinski definition) is 4. The second-order valence-corrected chi connectivity index (χ2v) is 9.89. The van der Waals surface area contributed by atoms with Gasteiger partial charge in [0, 0.05) is 18.4 Å². The van der Waals surface area contributed by atoms with Crippen molar-refractivity contribution in [3.05, 3.63) is 0 Å². The van der Waals surface area contributed by atoms with Crippen LogP contribution in [-0.4, -0.2) is 29.7 Å². The monoisotopic (exact) mass is 510 g/mol. The van der Waals surface area contributed by atoms with Crippen LogP contribution in [0.5, 0.6) is 0 Å². The molecule has 4 nitrogen and oxygen atoms in total. The SMILES string of the molecule is O=C([O-])CC(=O)[O-].[K+].[K+].[Li][C](C)(CCCCCCCCC)CCCCCCCCCCCC. The van der Waals surface area contributed by atoms with Crippen molar-refractivity contribution < 1.29 is 123 Å². The van der Waals surface area contributed by atoms with Crippen molar-refractivity contribution in [3.63, 3.8) is 0 Å². The van der Waals surface area contributed by atoms with E-state index < -0.39 is 18.4 Å². The van der Waals surface area contributed by atoms with Gasteiger partial charge in [-0.1, -0.05) is 6.92 Å². The van der Waals surface area contributed by atoms with Crippen molar-refractivity contribution in [2.45, 2.75) is 153 Å². The average molecular weight is 511 g/mol. The summed E-state index contributed by atoms with van der Waals surface area (Å²) in [5.74, 6) is -3.25. The van der Waals surface area contributed by atoms with Crippen LogP contribution in [0, 0.1) is 0 Å². The van der Waals surface area contributed by atoms with Crippen molar-refractivity contribution in [2.24, 2.45) is 0 Å². The summed E-state index contributed by atoms with van der Waals surface area (Å²) in [4.78, 5) is 18.6. The Labute approximate surface area is 300 Å². The second-order valence-electron chi connectivity index (χ2n) is 9.89. The topological polar surface area (TPSA) is 80.3 Å². The Bertz CT molecular complexity index is 409. The van der Waals surface area contributed by atoms with Gasteiger partial charge in [-0.2, -0.15) is 0 Å². The fourth-order valence-corrected chi connectivity index (χ4v) is 3.89. The number of carboxylic acids is 2. The molecule has 0 bridgehead atoms. The van der Waals surface area contributed by atoms with Crippen LogP contribution in [0.3, 0.4) is 0 Å². The number of carbonyl (C=O) groups excluding carboxylic acids is 2. The molecule has 0 aliphatic carbocycles. The van der Waals surface area contributed by atoms with E-state index in [4.69, 9.17) is 0 Å². The van der Waals surface area contributed by atoms with E-state index in [-0.39, 0.29) is 103 Å². The van der Waals surface area contributed by atoms with E-state index in [0.717, 1.165) is 0 Å². The Kier molecular flexibility index (Phi) is 42.7. The van der Waals surface area contributed by atoms with E-state index in [1.54, 1.807) is 0 Å². The van der Waals surface area contributed by atoms with Crippen LogP contribution >= 0.6 is 0 Å². The molecule has 180 valence electrons. The molecule has 33 heavy (non-hydrogen) atoms. The molecule has 0 N–H and O–H groups in total. The molecule has 0 aromatic heterocycles. The van der Waals surface area contributed by atoms with E-state index in [1.165, 1.54) is 122 Å². The molecule has 0 heterocycles. The van der Waals surface area contributed by atoms with Crippen molar-refractivity contribution >= 4 is 29.7 Å². The van der Waals surface area contributed by atoms with E-state index in [2.05, 4.69) is 38.5 Å². The maximum absolute atomic E-state index is 9.28. The normalized spacial score (nSPS) is 11.9. The van der Waals surface area contributed by atoms with E-state index in [9.17, 15) is 19.8 Å². The van der Waals surface area contributed by atoms with Gasteiger partial charge in [-0.3, -0.25) is 0 Å². The van der Waals surface area contributed by atoms with Crippen LogP contribution in [0.25, 0.3) is 0 Å². The summed E-state index contributed by atoms with van der Waals surface area (Å²) in [7, 11) is 0. The van der Waals surface area contributed by atoms with Crippen molar-refractivity contribution in [2.75, 3.05) is 0 Å². The minimum Gasteiger partial charge on any atom is -0.0654 e. The van der Waals surface area contributed by atoms with E-state index >= 15 is 0 Å². The first-order chi connectivity index (χ1) is 14.7. The first-order valence-corrected chi connectivity index (χ1v) is 13.1. The molecule has 0 rings (SSSR count). The Morgan fingerprint density at radius 1 is 0.576 bits per heavy atom. The van der Waals surface area contributed by atoms with Gasteiger partial charge < -0.3 is 19.8 Å². The fourth-order valence-electron chi connectivity index (χ4n) is 3.89. The minimum absolute atomic E-state index is 0. The zero-order valence-corrected chi connectivity index (χ0v) is 29.5. The molecule has 0 aromatic rings. The third kappa shape index (κ3) is 42.2. The quantitative estimate of drug-likeness (QED) is 0.120. The molecule has 0 amide bonds. The number of rotatable bonds is 21. The summed E-state index contributed by atoms with van der Waals surface area (Å²) in [5.41, 5.74) is 0. The van der Waals surface area contributed by atoms with E-state index in [1.807, 2.05) is 0 Å². The van der Waals surface area contributed by atoms with Crippen molar-refractivity contribution in [3.8, 4) is 0 Å². The molecule has 0 saturated carbocycles. The van der Waals surface area contributed by atoms with Gasteiger partial charge in [-0.15, -0.1) is 0 Å². The zero-order chi connectivity index (χ0) is 23.8. The standard InChI is InChI=1S/C23H47.C3H4O4.2K.Li/c1-4-6-8-10-12-13-14-16-18-20-22-23(3)21-19-17-15-11-9-7-5-2;4-2(5)1-3(6)7;;;/h4-22H2,1-3H3;1H2,(H,4,5)(H,6,7);;;/q;;2*+1;/p-2. The summed E-state index contributed by atoms with van der Waals surface area (Å²) >= 11 is 2.50. The Balaban J connectivity index is -0.000000404. The molecular formula is C26H49K2LiO4. The molecule has 1 atom stereocenters. The van der Waals surface area contributed by atoms with Gasteiger partial charge in [0.25, 0.3) is 0 Å². The van der Waals surface area contributed by atoms with Crippen molar-refractivity contribution in [1.82, 2.24) is 0 Å². The van der Waals surface area contributed by atoms with Crippen molar-refractivity contribution in [1.29, 1.82) is 0 Å². The predicted octanol–water partition coefficient (Wildman–Crippen LogP) is -0.330. The Hall–Kier alpha value is 2.81. The molecule has 0 fully saturated rings. The third-order valence-corrected chi connectivity index (χ3v) is 5.95. The molecule has 1 unspecified atom stereocenters.